The maximum atomic E-state index is 12.9. The first-order valence-electron chi connectivity index (χ1n) is 7.56. The molecule has 1 heterocycles. The summed E-state index contributed by atoms with van der Waals surface area (Å²) >= 11 is 5.26. The topological polar surface area (TPSA) is 59.5 Å². The third-order valence-corrected chi connectivity index (χ3v) is 4.76. The van der Waals surface area contributed by atoms with E-state index in [1.807, 2.05) is 19.1 Å². The SMILES string of the molecule is Cc1ccc(CN(C)C(=O)C2(C(N)=S)CCCCCC2)o1. The van der Waals surface area contributed by atoms with Gasteiger partial charge in [-0.15, -0.1) is 0 Å². The smallest absolute Gasteiger partial charge is 0.235 e. The number of nitrogens with zero attached hydrogens (tertiary/aromatic N) is 1. The normalized spacial score (nSPS) is 18.0. The highest BCUT2D eigenvalue weighted by molar-refractivity contribution is 7.80. The second-order valence-corrected chi connectivity index (χ2v) is 6.47. The van der Waals surface area contributed by atoms with Crippen molar-refractivity contribution in [1.29, 1.82) is 0 Å². The maximum Gasteiger partial charge on any atom is 0.235 e. The van der Waals surface area contributed by atoms with Crippen LogP contribution >= 0.6 is 12.2 Å². The highest BCUT2D eigenvalue weighted by atomic mass is 32.1. The standard InChI is InChI=1S/C16H24N2O2S/c1-12-7-8-13(20-12)11-18(2)15(19)16(14(17)21)9-5-3-4-6-10-16/h7-8H,3-6,9-11H2,1-2H3,(H2,17,21). The molecule has 0 atom stereocenters. The molecule has 0 bridgehead atoms. The number of carbonyl (C=O) groups excluding carboxylic acids is 1. The van der Waals surface area contributed by atoms with E-state index < -0.39 is 5.41 Å². The summed E-state index contributed by atoms with van der Waals surface area (Å²) in [5.41, 5.74) is 5.30. The fourth-order valence-corrected chi connectivity index (χ4v) is 3.43. The van der Waals surface area contributed by atoms with Gasteiger partial charge in [0.05, 0.1) is 16.9 Å². The number of amides is 1. The van der Waals surface area contributed by atoms with Gasteiger partial charge in [-0.1, -0.05) is 37.9 Å². The van der Waals surface area contributed by atoms with Gasteiger partial charge in [-0.2, -0.15) is 0 Å². The number of aryl methyl sites for hydroxylation is 1. The Morgan fingerprint density at radius 2 is 1.95 bits per heavy atom. The second kappa shape index (κ2) is 6.60. The van der Waals surface area contributed by atoms with Gasteiger partial charge in [0.1, 0.15) is 11.5 Å². The zero-order valence-electron chi connectivity index (χ0n) is 12.9. The molecule has 1 aliphatic carbocycles. The molecule has 5 heteroatoms. The Balaban J connectivity index is 2.15. The first-order valence-corrected chi connectivity index (χ1v) is 7.97. The van der Waals surface area contributed by atoms with Crippen LogP contribution in [0.2, 0.25) is 0 Å². The molecule has 1 saturated carbocycles. The summed E-state index contributed by atoms with van der Waals surface area (Å²) in [7, 11) is 1.80. The summed E-state index contributed by atoms with van der Waals surface area (Å²) < 4.78 is 5.55. The van der Waals surface area contributed by atoms with Gasteiger partial charge in [0.15, 0.2) is 0 Å². The molecule has 1 aromatic heterocycles. The van der Waals surface area contributed by atoms with Gasteiger partial charge in [-0.05, 0) is 31.9 Å². The molecule has 2 rings (SSSR count). The molecule has 4 nitrogen and oxygen atoms in total. The predicted molar refractivity (Wildman–Crippen MR) is 86.8 cm³/mol. The summed E-state index contributed by atoms with van der Waals surface area (Å²) in [6, 6.07) is 3.81. The lowest BCUT2D eigenvalue weighted by atomic mass is 9.79. The van der Waals surface area contributed by atoms with E-state index in [0.717, 1.165) is 50.0 Å². The average Bonchev–Trinajstić information content (AvgIpc) is 2.71. The van der Waals surface area contributed by atoms with Crippen molar-refractivity contribution in [2.75, 3.05) is 7.05 Å². The molecule has 1 aliphatic rings. The van der Waals surface area contributed by atoms with Crippen molar-refractivity contribution in [2.45, 2.75) is 52.0 Å². The van der Waals surface area contributed by atoms with E-state index in [2.05, 4.69) is 0 Å². The summed E-state index contributed by atoms with van der Waals surface area (Å²) in [5, 5.41) is 0. The van der Waals surface area contributed by atoms with E-state index in [1.54, 1.807) is 11.9 Å². The third-order valence-electron chi connectivity index (χ3n) is 4.37. The fourth-order valence-electron chi connectivity index (χ4n) is 3.14. The van der Waals surface area contributed by atoms with Crippen molar-refractivity contribution in [2.24, 2.45) is 11.1 Å². The Labute approximate surface area is 131 Å². The van der Waals surface area contributed by atoms with Gasteiger partial charge in [0.25, 0.3) is 0 Å². The number of carbonyl (C=O) groups is 1. The summed E-state index contributed by atoms with van der Waals surface area (Å²) in [5.74, 6) is 1.67. The monoisotopic (exact) mass is 308 g/mol. The Bertz CT molecular complexity index is 516. The van der Waals surface area contributed by atoms with Gasteiger partial charge in [-0.3, -0.25) is 4.79 Å². The zero-order valence-corrected chi connectivity index (χ0v) is 13.7. The number of hydrogen-bond donors (Lipinski definition) is 1. The minimum Gasteiger partial charge on any atom is -0.464 e. The highest BCUT2D eigenvalue weighted by Gasteiger charge is 2.43. The second-order valence-electron chi connectivity index (χ2n) is 6.03. The molecular formula is C16H24N2O2S. The summed E-state index contributed by atoms with van der Waals surface area (Å²) in [6.07, 6.45) is 5.86. The van der Waals surface area contributed by atoms with Crippen molar-refractivity contribution in [1.82, 2.24) is 4.90 Å². The van der Waals surface area contributed by atoms with Crippen LogP contribution in [0, 0.1) is 12.3 Å². The molecule has 116 valence electrons. The van der Waals surface area contributed by atoms with Crippen LogP contribution in [0.3, 0.4) is 0 Å². The van der Waals surface area contributed by atoms with E-state index in [4.69, 9.17) is 22.4 Å². The van der Waals surface area contributed by atoms with Gasteiger partial charge in [-0.25, -0.2) is 0 Å². The Hall–Kier alpha value is -1.36. The van der Waals surface area contributed by atoms with Crippen LogP contribution in [-0.2, 0) is 11.3 Å². The number of hydrogen-bond acceptors (Lipinski definition) is 3. The van der Waals surface area contributed by atoms with Crippen molar-refractivity contribution in [3.8, 4) is 0 Å². The van der Waals surface area contributed by atoms with Crippen molar-refractivity contribution < 1.29 is 9.21 Å². The lowest BCUT2D eigenvalue weighted by Gasteiger charge is -2.34. The molecule has 1 aromatic rings. The number of thiocarbonyl (C=S) groups is 1. The van der Waals surface area contributed by atoms with Crippen molar-refractivity contribution in [3.05, 3.63) is 23.7 Å². The lowest BCUT2D eigenvalue weighted by Crippen LogP contribution is -2.49. The van der Waals surface area contributed by atoms with Crippen LogP contribution < -0.4 is 5.73 Å². The molecule has 0 radical (unpaired) electrons. The number of rotatable bonds is 4. The molecule has 0 unspecified atom stereocenters. The molecule has 2 N–H and O–H groups in total. The Morgan fingerprint density at radius 3 is 2.43 bits per heavy atom. The predicted octanol–water partition coefficient (Wildman–Crippen LogP) is 3.17. The largest absolute Gasteiger partial charge is 0.464 e. The minimum absolute atomic E-state index is 0.0333. The average molecular weight is 308 g/mol. The van der Waals surface area contributed by atoms with Crippen LogP contribution in [0.15, 0.2) is 16.5 Å². The van der Waals surface area contributed by atoms with E-state index in [1.165, 1.54) is 0 Å². The number of furan rings is 1. The molecule has 1 fully saturated rings. The van der Waals surface area contributed by atoms with Gasteiger partial charge in [0, 0.05) is 7.05 Å². The van der Waals surface area contributed by atoms with Crippen LogP contribution in [0.4, 0.5) is 0 Å². The van der Waals surface area contributed by atoms with E-state index >= 15 is 0 Å². The lowest BCUT2D eigenvalue weighted by molar-refractivity contribution is -0.138. The van der Waals surface area contributed by atoms with E-state index in [-0.39, 0.29) is 5.91 Å². The van der Waals surface area contributed by atoms with Crippen LogP contribution in [0.1, 0.15) is 50.0 Å². The van der Waals surface area contributed by atoms with Gasteiger partial charge >= 0.3 is 0 Å². The summed E-state index contributed by atoms with van der Waals surface area (Å²) in [4.78, 5) is 15.0. The molecule has 0 spiro atoms. The first kappa shape index (κ1) is 16.0. The fraction of sp³-hybridized carbons (Fsp3) is 0.625. The molecule has 21 heavy (non-hydrogen) atoms. The third kappa shape index (κ3) is 3.46. The molecule has 0 saturated heterocycles. The zero-order chi connectivity index (χ0) is 15.5. The maximum absolute atomic E-state index is 12.9. The molecule has 1 amide bonds. The van der Waals surface area contributed by atoms with Crippen molar-refractivity contribution >= 4 is 23.1 Å². The molecule has 0 aliphatic heterocycles. The quantitative estimate of drug-likeness (QED) is 0.685. The van der Waals surface area contributed by atoms with Crippen LogP contribution in [0.5, 0.6) is 0 Å². The Kier molecular flexibility index (Phi) is 5.04. The van der Waals surface area contributed by atoms with Gasteiger partial charge in [0.2, 0.25) is 5.91 Å². The van der Waals surface area contributed by atoms with Gasteiger partial charge < -0.3 is 15.1 Å². The minimum atomic E-state index is -0.664. The van der Waals surface area contributed by atoms with E-state index in [9.17, 15) is 4.79 Å². The first-order chi connectivity index (χ1) is 9.95. The van der Waals surface area contributed by atoms with Crippen LogP contribution in [-0.4, -0.2) is 22.8 Å². The number of nitrogens with two attached hydrogens (primary N) is 1. The summed E-state index contributed by atoms with van der Waals surface area (Å²) in [6.45, 7) is 2.35. The molecule has 0 aromatic carbocycles. The highest BCUT2D eigenvalue weighted by Crippen LogP contribution is 2.37. The molecular weight excluding hydrogens is 284 g/mol. The van der Waals surface area contributed by atoms with Crippen LogP contribution in [0.25, 0.3) is 0 Å². The Morgan fingerprint density at radius 1 is 1.33 bits per heavy atom. The van der Waals surface area contributed by atoms with Crippen molar-refractivity contribution in [3.63, 3.8) is 0 Å². The van der Waals surface area contributed by atoms with E-state index in [0.29, 0.717) is 11.5 Å².